The molecule has 29 heavy (non-hydrogen) atoms. The molecule has 0 unspecified atom stereocenters. The van der Waals surface area contributed by atoms with Crippen molar-refractivity contribution in [3.8, 4) is 11.5 Å². The van der Waals surface area contributed by atoms with Crippen LogP contribution in [0.15, 0.2) is 47.4 Å². The van der Waals surface area contributed by atoms with E-state index in [0.29, 0.717) is 42.7 Å². The van der Waals surface area contributed by atoms with Crippen molar-refractivity contribution in [3.63, 3.8) is 0 Å². The third-order valence-electron chi connectivity index (χ3n) is 4.25. The van der Waals surface area contributed by atoms with Gasteiger partial charge in [0.15, 0.2) is 18.1 Å². The van der Waals surface area contributed by atoms with Crippen molar-refractivity contribution >= 4 is 23.6 Å². The molecule has 2 aromatic carbocycles. The number of benzene rings is 2. The van der Waals surface area contributed by atoms with Crippen LogP contribution in [-0.4, -0.2) is 48.9 Å². The van der Waals surface area contributed by atoms with Crippen molar-refractivity contribution < 1.29 is 28.2 Å². The topological polar surface area (TPSA) is 65.1 Å². The van der Waals surface area contributed by atoms with E-state index in [1.165, 1.54) is 6.07 Å². The fourth-order valence-corrected chi connectivity index (χ4v) is 3.49. The second kappa shape index (κ2) is 10.2. The van der Waals surface area contributed by atoms with Crippen LogP contribution in [-0.2, 0) is 20.9 Å². The van der Waals surface area contributed by atoms with Gasteiger partial charge < -0.3 is 19.1 Å². The maximum atomic E-state index is 13.6. The van der Waals surface area contributed by atoms with Crippen molar-refractivity contribution in [1.29, 1.82) is 0 Å². The number of carbonyl (C=O) groups is 2. The number of fused-ring (bicyclic) bond motifs is 1. The first-order valence-corrected chi connectivity index (χ1v) is 10.2. The van der Waals surface area contributed by atoms with Crippen molar-refractivity contribution in [2.75, 3.05) is 32.1 Å². The summed E-state index contributed by atoms with van der Waals surface area (Å²) in [5, 5.41) is 0. The lowest BCUT2D eigenvalue weighted by Gasteiger charge is -2.23. The highest BCUT2D eigenvalue weighted by atomic mass is 32.2. The van der Waals surface area contributed by atoms with Crippen molar-refractivity contribution in [1.82, 2.24) is 4.90 Å². The number of likely N-dealkylation sites (N-methyl/N-ethyl adjacent to an activating group) is 1. The van der Waals surface area contributed by atoms with E-state index in [1.807, 2.05) is 25.1 Å². The van der Waals surface area contributed by atoms with E-state index in [9.17, 15) is 14.0 Å². The van der Waals surface area contributed by atoms with Gasteiger partial charge in [0.1, 0.15) is 19.0 Å². The SMILES string of the molecule is CCN(Cc1ccc2c(c1)OCCO2)C(=O)COC(=O)CSc1ccccc1F. The number of amides is 1. The highest BCUT2D eigenvalue weighted by molar-refractivity contribution is 8.00. The molecule has 0 aromatic heterocycles. The molecule has 0 saturated heterocycles. The third kappa shape index (κ3) is 5.87. The molecular weight excluding hydrogens is 397 g/mol. The molecule has 0 N–H and O–H groups in total. The van der Waals surface area contributed by atoms with Gasteiger partial charge in [0.05, 0.1) is 5.75 Å². The first-order chi connectivity index (χ1) is 14.1. The number of thioether (sulfide) groups is 1. The molecule has 0 bridgehead atoms. The number of hydrogen-bond acceptors (Lipinski definition) is 6. The van der Waals surface area contributed by atoms with E-state index in [4.69, 9.17) is 14.2 Å². The van der Waals surface area contributed by atoms with Crippen molar-refractivity contribution in [2.45, 2.75) is 18.4 Å². The van der Waals surface area contributed by atoms with Gasteiger partial charge in [-0.1, -0.05) is 18.2 Å². The van der Waals surface area contributed by atoms with Gasteiger partial charge in [0, 0.05) is 18.0 Å². The molecule has 0 saturated carbocycles. The number of rotatable bonds is 8. The summed E-state index contributed by atoms with van der Waals surface area (Å²) in [6.07, 6.45) is 0. The zero-order valence-corrected chi connectivity index (χ0v) is 16.9. The van der Waals surface area contributed by atoms with E-state index in [-0.39, 0.29) is 18.3 Å². The minimum Gasteiger partial charge on any atom is -0.486 e. The largest absolute Gasteiger partial charge is 0.486 e. The fraction of sp³-hybridized carbons (Fsp3) is 0.333. The second-order valence-electron chi connectivity index (χ2n) is 6.27. The van der Waals surface area contributed by atoms with Gasteiger partial charge in [-0.15, -0.1) is 11.8 Å². The first kappa shape index (κ1) is 21.0. The summed E-state index contributed by atoms with van der Waals surface area (Å²) in [4.78, 5) is 26.3. The smallest absolute Gasteiger partial charge is 0.316 e. The molecule has 3 rings (SSSR count). The Labute approximate surface area is 172 Å². The van der Waals surface area contributed by atoms with E-state index < -0.39 is 11.8 Å². The molecular formula is C21H22FNO5S. The highest BCUT2D eigenvalue weighted by Crippen LogP contribution is 2.31. The quantitative estimate of drug-likeness (QED) is 0.483. The summed E-state index contributed by atoms with van der Waals surface area (Å²) in [5.74, 6) is 0.0266. The summed E-state index contributed by atoms with van der Waals surface area (Å²) in [5.41, 5.74) is 0.894. The molecule has 8 heteroatoms. The molecule has 6 nitrogen and oxygen atoms in total. The van der Waals surface area contributed by atoms with Gasteiger partial charge in [0.25, 0.3) is 5.91 Å². The number of hydrogen-bond donors (Lipinski definition) is 0. The van der Waals surface area contributed by atoms with Gasteiger partial charge in [-0.3, -0.25) is 9.59 Å². The monoisotopic (exact) mass is 419 g/mol. The van der Waals surface area contributed by atoms with E-state index in [0.717, 1.165) is 17.3 Å². The molecule has 1 aliphatic heterocycles. The zero-order valence-electron chi connectivity index (χ0n) is 16.1. The average molecular weight is 419 g/mol. The van der Waals surface area contributed by atoms with Crippen LogP contribution in [0, 0.1) is 5.82 Å². The number of carbonyl (C=O) groups excluding carboxylic acids is 2. The van der Waals surface area contributed by atoms with E-state index in [1.54, 1.807) is 23.1 Å². The van der Waals surface area contributed by atoms with Crippen LogP contribution in [0.5, 0.6) is 11.5 Å². The minimum atomic E-state index is -0.568. The maximum absolute atomic E-state index is 13.6. The summed E-state index contributed by atoms with van der Waals surface area (Å²) < 4.78 is 29.7. The Kier molecular flexibility index (Phi) is 7.35. The van der Waals surface area contributed by atoms with Gasteiger partial charge in [-0.2, -0.15) is 0 Å². The molecule has 1 aliphatic rings. The normalized spacial score (nSPS) is 12.3. The molecule has 2 aromatic rings. The van der Waals surface area contributed by atoms with E-state index in [2.05, 4.69) is 0 Å². The summed E-state index contributed by atoms with van der Waals surface area (Å²) in [6, 6.07) is 11.7. The zero-order chi connectivity index (χ0) is 20.6. The first-order valence-electron chi connectivity index (χ1n) is 9.26. The molecule has 1 amide bonds. The predicted molar refractivity (Wildman–Crippen MR) is 107 cm³/mol. The number of nitrogens with zero attached hydrogens (tertiary/aromatic N) is 1. The van der Waals surface area contributed by atoms with Crippen LogP contribution in [0.3, 0.4) is 0 Å². The fourth-order valence-electron chi connectivity index (χ4n) is 2.76. The van der Waals surface area contributed by atoms with E-state index >= 15 is 0 Å². The second-order valence-corrected chi connectivity index (χ2v) is 7.28. The molecule has 0 fully saturated rings. The molecule has 154 valence electrons. The van der Waals surface area contributed by atoms with Gasteiger partial charge in [-0.05, 0) is 36.8 Å². The van der Waals surface area contributed by atoms with Crippen molar-refractivity contribution in [3.05, 3.63) is 53.8 Å². The van der Waals surface area contributed by atoms with Crippen LogP contribution in [0.4, 0.5) is 4.39 Å². The standard InChI is InChI=1S/C21H22FNO5S/c1-2-23(12-15-7-8-17-18(11-15)27-10-9-26-17)20(24)13-28-21(25)14-29-19-6-4-3-5-16(19)22/h3-8,11H,2,9-10,12-14H2,1H3. The van der Waals surface area contributed by atoms with Crippen molar-refractivity contribution in [2.24, 2.45) is 0 Å². The summed E-state index contributed by atoms with van der Waals surface area (Å²) in [7, 11) is 0. The summed E-state index contributed by atoms with van der Waals surface area (Å²) >= 11 is 1.04. The summed E-state index contributed by atoms with van der Waals surface area (Å²) in [6.45, 7) is 3.35. The molecule has 0 spiro atoms. The lowest BCUT2D eigenvalue weighted by atomic mass is 10.2. The molecule has 1 heterocycles. The Bertz CT molecular complexity index is 876. The van der Waals surface area contributed by atoms with Gasteiger partial charge in [0.2, 0.25) is 0 Å². The predicted octanol–water partition coefficient (Wildman–Crippen LogP) is 3.28. The Morgan fingerprint density at radius 1 is 1.14 bits per heavy atom. The lowest BCUT2D eigenvalue weighted by molar-refractivity contribution is -0.150. The van der Waals surface area contributed by atoms with Crippen LogP contribution in [0.2, 0.25) is 0 Å². The Morgan fingerprint density at radius 3 is 2.66 bits per heavy atom. The number of ether oxygens (including phenoxy) is 3. The van der Waals surface area contributed by atoms with Gasteiger partial charge >= 0.3 is 5.97 Å². The van der Waals surface area contributed by atoms with Crippen LogP contribution >= 0.6 is 11.8 Å². The van der Waals surface area contributed by atoms with Crippen LogP contribution < -0.4 is 9.47 Å². The Hall–Kier alpha value is -2.74. The maximum Gasteiger partial charge on any atom is 0.316 e. The third-order valence-corrected chi connectivity index (χ3v) is 5.28. The van der Waals surface area contributed by atoms with Crippen LogP contribution in [0.25, 0.3) is 0 Å². The van der Waals surface area contributed by atoms with Crippen LogP contribution in [0.1, 0.15) is 12.5 Å². The Morgan fingerprint density at radius 2 is 1.90 bits per heavy atom. The molecule has 0 radical (unpaired) electrons. The number of halogens is 1. The average Bonchev–Trinajstić information content (AvgIpc) is 2.75. The molecule has 0 aliphatic carbocycles. The number of esters is 1. The minimum absolute atomic E-state index is 0.0670. The lowest BCUT2D eigenvalue weighted by Crippen LogP contribution is -2.34. The molecule has 0 atom stereocenters. The highest BCUT2D eigenvalue weighted by Gasteiger charge is 2.17. The Balaban J connectivity index is 1.48. The van der Waals surface area contributed by atoms with Gasteiger partial charge in [-0.25, -0.2) is 4.39 Å².